The molecule has 16 heavy (non-hydrogen) atoms. The van der Waals surface area contributed by atoms with E-state index in [4.69, 9.17) is 0 Å². The Morgan fingerprint density at radius 3 is 2.19 bits per heavy atom. The summed E-state index contributed by atoms with van der Waals surface area (Å²) in [5, 5.41) is 0. The summed E-state index contributed by atoms with van der Waals surface area (Å²) in [6.07, 6.45) is 9.56. The summed E-state index contributed by atoms with van der Waals surface area (Å²) < 4.78 is 0. The first-order chi connectivity index (χ1) is 7.86. The molecule has 0 aromatic heterocycles. The fourth-order valence-corrected chi connectivity index (χ4v) is 2.28. The molecule has 0 aliphatic rings. The van der Waals surface area contributed by atoms with Gasteiger partial charge in [-0.1, -0.05) is 76.3 Å². The predicted octanol–water partition coefficient (Wildman–Crippen LogP) is 5.23. The summed E-state index contributed by atoms with van der Waals surface area (Å²) in [5.74, 6) is 0.969. The van der Waals surface area contributed by atoms with Gasteiger partial charge in [0.15, 0.2) is 0 Å². The average Bonchev–Trinajstić information content (AvgIpc) is 2.35. The molecule has 0 radical (unpaired) electrons. The maximum atomic E-state index is 2.32. The molecule has 1 aromatic carbocycles. The Balaban J connectivity index is 2.04. The smallest absolute Gasteiger partial charge is 0.0279 e. The number of hydrogen-bond donors (Lipinski definition) is 0. The number of benzene rings is 1. The minimum Gasteiger partial charge on any atom is -0.0651 e. The molecule has 0 heterocycles. The van der Waals surface area contributed by atoms with Crippen LogP contribution in [0.3, 0.4) is 0 Å². The van der Waals surface area contributed by atoms with Crippen LogP contribution in [-0.2, 0) is 6.42 Å². The fourth-order valence-electron chi connectivity index (χ4n) is 2.28. The zero-order valence-electron chi connectivity index (χ0n) is 10.9. The monoisotopic (exact) mass is 218 g/mol. The van der Waals surface area contributed by atoms with Crippen LogP contribution in [0.5, 0.6) is 0 Å². The van der Waals surface area contributed by atoms with E-state index in [1.807, 2.05) is 0 Å². The topological polar surface area (TPSA) is 0 Å². The SMILES string of the molecule is CCC(CC)CCCCCc1ccccc1. The molecule has 0 heteroatoms. The van der Waals surface area contributed by atoms with Crippen LogP contribution in [0.2, 0.25) is 0 Å². The van der Waals surface area contributed by atoms with Gasteiger partial charge in [0.25, 0.3) is 0 Å². The largest absolute Gasteiger partial charge is 0.0651 e. The number of aryl methyl sites for hydroxylation is 1. The minimum absolute atomic E-state index is 0.969. The molecule has 1 aromatic rings. The average molecular weight is 218 g/mol. The normalized spacial score (nSPS) is 10.9. The predicted molar refractivity (Wildman–Crippen MR) is 72.7 cm³/mol. The molecule has 0 atom stereocenters. The third kappa shape index (κ3) is 5.34. The molecule has 0 saturated heterocycles. The quantitative estimate of drug-likeness (QED) is 0.524. The van der Waals surface area contributed by atoms with E-state index in [1.165, 1.54) is 50.5 Å². The Bertz CT molecular complexity index is 246. The molecule has 0 N–H and O–H groups in total. The number of hydrogen-bond acceptors (Lipinski definition) is 0. The van der Waals surface area contributed by atoms with E-state index >= 15 is 0 Å². The standard InChI is InChI=1S/C16H26/c1-3-15(4-2)11-7-5-8-12-16-13-9-6-10-14-16/h6,9-10,13-15H,3-5,7-8,11-12H2,1-2H3. The molecule has 0 saturated carbocycles. The van der Waals surface area contributed by atoms with E-state index < -0.39 is 0 Å². The summed E-state index contributed by atoms with van der Waals surface area (Å²) >= 11 is 0. The lowest BCUT2D eigenvalue weighted by Gasteiger charge is -2.11. The van der Waals surface area contributed by atoms with Crippen LogP contribution in [0.4, 0.5) is 0 Å². The molecule has 1 rings (SSSR count). The molecule has 0 unspecified atom stereocenters. The molecule has 0 spiro atoms. The molecule has 0 fully saturated rings. The third-order valence-electron chi connectivity index (χ3n) is 3.58. The van der Waals surface area contributed by atoms with Gasteiger partial charge in [-0.3, -0.25) is 0 Å². The van der Waals surface area contributed by atoms with E-state index in [0.717, 1.165) is 5.92 Å². The zero-order chi connectivity index (χ0) is 11.6. The van der Waals surface area contributed by atoms with Gasteiger partial charge >= 0.3 is 0 Å². The molecule has 90 valence electrons. The van der Waals surface area contributed by atoms with Gasteiger partial charge < -0.3 is 0 Å². The third-order valence-corrected chi connectivity index (χ3v) is 3.58. The Labute approximate surface area is 101 Å². The first-order valence-electron chi connectivity index (χ1n) is 6.90. The minimum atomic E-state index is 0.969. The molecule has 0 amide bonds. The molecule has 0 bridgehead atoms. The van der Waals surface area contributed by atoms with Gasteiger partial charge in [-0.25, -0.2) is 0 Å². The van der Waals surface area contributed by atoms with Crippen molar-refractivity contribution in [2.75, 3.05) is 0 Å². The summed E-state index contributed by atoms with van der Waals surface area (Å²) in [6.45, 7) is 4.64. The van der Waals surface area contributed by atoms with Crippen molar-refractivity contribution < 1.29 is 0 Å². The van der Waals surface area contributed by atoms with Gasteiger partial charge in [-0.05, 0) is 24.3 Å². The molecule has 0 aliphatic heterocycles. The van der Waals surface area contributed by atoms with Crippen molar-refractivity contribution in [3.05, 3.63) is 35.9 Å². The lowest BCUT2D eigenvalue weighted by Crippen LogP contribution is -1.96. The fraction of sp³-hybridized carbons (Fsp3) is 0.625. The summed E-state index contributed by atoms with van der Waals surface area (Å²) in [6, 6.07) is 10.8. The van der Waals surface area contributed by atoms with Gasteiger partial charge in [0.1, 0.15) is 0 Å². The molecule has 0 nitrogen and oxygen atoms in total. The van der Waals surface area contributed by atoms with Crippen LogP contribution in [0.1, 0.15) is 57.9 Å². The van der Waals surface area contributed by atoms with E-state index in [9.17, 15) is 0 Å². The van der Waals surface area contributed by atoms with Crippen molar-refractivity contribution in [3.8, 4) is 0 Å². The summed E-state index contributed by atoms with van der Waals surface area (Å²) in [4.78, 5) is 0. The highest BCUT2D eigenvalue weighted by molar-refractivity contribution is 5.14. The van der Waals surface area contributed by atoms with Crippen molar-refractivity contribution in [1.82, 2.24) is 0 Å². The summed E-state index contributed by atoms with van der Waals surface area (Å²) in [5.41, 5.74) is 1.49. The van der Waals surface area contributed by atoms with Crippen molar-refractivity contribution in [1.29, 1.82) is 0 Å². The van der Waals surface area contributed by atoms with E-state index in [2.05, 4.69) is 44.2 Å². The first kappa shape index (κ1) is 13.3. The maximum Gasteiger partial charge on any atom is -0.0279 e. The van der Waals surface area contributed by atoms with E-state index in [1.54, 1.807) is 0 Å². The highest BCUT2D eigenvalue weighted by atomic mass is 14.1. The second kappa shape index (κ2) is 8.38. The van der Waals surface area contributed by atoms with Crippen LogP contribution in [-0.4, -0.2) is 0 Å². The number of rotatable bonds is 8. The molecular weight excluding hydrogens is 192 g/mol. The second-order valence-electron chi connectivity index (χ2n) is 4.77. The maximum absolute atomic E-state index is 2.32. The van der Waals surface area contributed by atoms with Crippen LogP contribution < -0.4 is 0 Å². The van der Waals surface area contributed by atoms with Gasteiger partial charge in [0.2, 0.25) is 0 Å². The highest BCUT2D eigenvalue weighted by Gasteiger charge is 2.02. The lowest BCUT2D eigenvalue weighted by atomic mass is 9.95. The Morgan fingerprint density at radius 2 is 1.56 bits per heavy atom. The summed E-state index contributed by atoms with van der Waals surface area (Å²) in [7, 11) is 0. The molecular formula is C16H26. The van der Waals surface area contributed by atoms with Crippen molar-refractivity contribution in [3.63, 3.8) is 0 Å². The van der Waals surface area contributed by atoms with E-state index in [-0.39, 0.29) is 0 Å². The second-order valence-corrected chi connectivity index (χ2v) is 4.77. The van der Waals surface area contributed by atoms with Crippen molar-refractivity contribution in [2.45, 2.75) is 58.8 Å². The van der Waals surface area contributed by atoms with Gasteiger partial charge in [0.05, 0.1) is 0 Å². The zero-order valence-corrected chi connectivity index (χ0v) is 10.9. The van der Waals surface area contributed by atoms with Crippen LogP contribution in [0.25, 0.3) is 0 Å². The number of unbranched alkanes of at least 4 members (excludes halogenated alkanes) is 2. The van der Waals surface area contributed by atoms with Crippen molar-refractivity contribution >= 4 is 0 Å². The Morgan fingerprint density at radius 1 is 0.875 bits per heavy atom. The van der Waals surface area contributed by atoms with Crippen molar-refractivity contribution in [2.24, 2.45) is 5.92 Å². The Kier molecular flexibility index (Phi) is 6.96. The lowest BCUT2D eigenvalue weighted by molar-refractivity contribution is 0.430. The van der Waals surface area contributed by atoms with Crippen LogP contribution in [0, 0.1) is 5.92 Å². The molecule has 0 aliphatic carbocycles. The highest BCUT2D eigenvalue weighted by Crippen LogP contribution is 2.17. The first-order valence-corrected chi connectivity index (χ1v) is 6.90. The van der Waals surface area contributed by atoms with Crippen LogP contribution >= 0.6 is 0 Å². The van der Waals surface area contributed by atoms with Crippen LogP contribution in [0.15, 0.2) is 30.3 Å². The Hall–Kier alpha value is -0.780. The van der Waals surface area contributed by atoms with Gasteiger partial charge in [-0.15, -0.1) is 0 Å². The van der Waals surface area contributed by atoms with Gasteiger partial charge in [-0.2, -0.15) is 0 Å². The van der Waals surface area contributed by atoms with E-state index in [0.29, 0.717) is 0 Å². The van der Waals surface area contributed by atoms with Gasteiger partial charge in [0, 0.05) is 0 Å².